The topological polar surface area (TPSA) is 103 Å². The summed E-state index contributed by atoms with van der Waals surface area (Å²) in [4.78, 5) is 42.5. The lowest BCUT2D eigenvalue weighted by Gasteiger charge is -2.41. The van der Waals surface area contributed by atoms with Crippen LogP contribution in [0.5, 0.6) is 0 Å². The SMILES string of the molecule is CC(=O)Nc1cc(C(=O)N2CC[C@@H](N3Cc4cnc(Nc5cc(C)cc(C)c5)nc4C3)C[C@H]2C)ccn1. The number of piperidine rings is 1. The van der Waals surface area contributed by atoms with E-state index in [2.05, 4.69) is 64.5 Å². The molecule has 1 fully saturated rings. The summed E-state index contributed by atoms with van der Waals surface area (Å²) in [5, 5.41) is 6.00. The van der Waals surface area contributed by atoms with E-state index in [1.165, 1.54) is 23.6 Å². The molecule has 37 heavy (non-hydrogen) atoms. The van der Waals surface area contributed by atoms with Gasteiger partial charge in [0.15, 0.2) is 0 Å². The van der Waals surface area contributed by atoms with Crippen LogP contribution < -0.4 is 10.6 Å². The predicted molar refractivity (Wildman–Crippen MR) is 143 cm³/mol. The standard InChI is InChI=1S/C28H33N7O2/c1-17-9-18(2)11-23(10-17)32-28-30-14-22-15-34(16-25(22)33-28)24-6-8-35(19(3)12-24)27(37)21-5-7-29-26(13-21)31-20(4)36/h5,7,9-11,13-14,19,24H,6,8,12,15-16H2,1-4H3,(H,29,31,36)(H,30,32,33)/t19-,24-/m1/s1. The monoisotopic (exact) mass is 499 g/mol. The van der Waals surface area contributed by atoms with E-state index in [-0.39, 0.29) is 17.9 Å². The number of carbonyl (C=O) groups excluding carboxylic acids is 2. The van der Waals surface area contributed by atoms with Gasteiger partial charge in [-0.05, 0) is 69.0 Å². The predicted octanol–water partition coefficient (Wildman–Crippen LogP) is 4.20. The van der Waals surface area contributed by atoms with Crippen molar-refractivity contribution >= 4 is 29.3 Å². The van der Waals surface area contributed by atoms with Crippen molar-refractivity contribution < 1.29 is 9.59 Å². The Labute approximate surface area is 217 Å². The van der Waals surface area contributed by atoms with Crippen LogP contribution in [0.4, 0.5) is 17.5 Å². The smallest absolute Gasteiger partial charge is 0.254 e. The Morgan fingerprint density at radius 3 is 2.57 bits per heavy atom. The number of carbonyl (C=O) groups is 2. The molecule has 0 bridgehead atoms. The van der Waals surface area contributed by atoms with Gasteiger partial charge in [-0.25, -0.2) is 15.0 Å². The first-order valence-electron chi connectivity index (χ1n) is 12.7. The highest BCUT2D eigenvalue weighted by atomic mass is 16.2. The molecule has 5 rings (SSSR count). The third-order valence-electron chi connectivity index (χ3n) is 7.10. The maximum atomic E-state index is 13.2. The second-order valence-electron chi connectivity index (χ2n) is 10.2. The molecule has 0 radical (unpaired) electrons. The summed E-state index contributed by atoms with van der Waals surface area (Å²) in [5.74, 6) is 0.770. The van der Waals surface area contributed by atoms with Crippen molar-refractivity contribution in [2.24, 2.45) is 0 Å². The molecule has 9 nitrogen and oxygen atoms in total. The molecule has 2 aliphatic heterocycles. The van der Waals surface area contributed by atoms with Crippen LogP contribution in [0.15, 0.2) is 42.7 Å². The van der Waals surface area contributed by atoms with Crippen LogP contribution in [-0.4, -0.2) is 55.2 Å². The van der Waals surface area contributed by atoms with E-state index in [1.807, 2.05) is 11.1 Å². The van der Waals surface area contributed by atoms with Crippen molar-refractivity contribution in [1.29, 1.82) is 0 Å². The number of benzene rings is 1. The Kier molecular flexibility index (Phi) is 6.88. The molecule has 0 aliphatic carbocycles. The van der Waals surface area contributed by atoms with Gasteiger partial charge in [-0.2, -0.15) is 0 Å². The average molecular weight is 500 g/mol. The zero-order chi connectivity index (χ0) is 26.1. The molecule has 2 amide bonds. The van der Waals surface area contributed by atoms with Crippen LogP contribution in [0, 0.1) is 13.8 Å². The van der Waals surface area contributed by atoms with Gasteiger partial charge in [0.1, 0.15) is 5.82 Å². The highest BCUT2D eigenvalue weighted by Crippen LogP contribution is 2.31. The quantitative estimate of drug-likeness (QED) is 0.542. The molecule has 2 N–H and O–H groups in total. The zero-order valence-electron chi connectivity index (χ0n) is 21.8. The number of nitrogens with zero attached hydrogens (tertiary/aromatic N) is 5. The van der Waals surface area contributed by atoms with Gasteiger partial charge in [0, 0.05) is 67.8 Å². The number of hydrogen-bond donors (Lipinski definition) is 2. The number of nitrogens with one attached hydrogen (secondary N) is 2. The summed E-state index contributed by atoms with van der Waals surface area (Å²) in [6.45, 7) is 9.99. The molecule has 0 saturated carbocycles. The van der Waals surface area contributed by atoms with Crippen molar-refractivity contribution in [2.75, 3.05) is 17.2 Å². The second kappa shape index (κ2) is 10.3. The minimum absolute atomic E-state index is 0.0300. The first-order chi connectivity index (χ1) is 17.7. The summed E-state index contributed by atoms with van der Waals surface area (Å²) in [7, 11) is 0. The third kappa shape index (κ3) is 5.61. The Bertz CT molecular complexity index is 1320. The van der Waals surface area contributed by atoms with E-state index in [0.29, 0.717) is 29.9 Å². The van der Waals surface area contributed by atoms with Gasteiger partial charge in [-0.15, -0.1) is 0 Å². The highest BCUT2D eigenvalue weighted by Gasteiger charge is 2.35. The first kappa shape index (κ1) is 24.8. The lowest BCUT2D eigenvalue weighted by molar-refractivity contribution is -0.114. The van der Waals surface area contributed by atoms with Gasteiger partial charge in [0.2, 0.25) is 11.9 Å². The van der Waals surface area contributed by atoms with Crippen LogP contribution >= 0.6 is 0 Å². The van der Waals surface area contributed by atoms with Crippen molar-refractivity contribution in [3.05, 3.63) is 70.7 Å². The van der Waals surface area contributed by atoms with Crippen molar-refractivity contribution in [3.8, 4) is 0 Å². The van der Waals surface area contributed by atoms with Crippen molar-refractivity contribution in [3.63, 3.8) is 0 Å². The summed E-state index contributed by atoms with van der Waals surface area (Å²) < 4.78 is 0. The highest BCUT2D eigenvalue weighted by molar-refractivity contribution is 5.96. The lowest BCUT2D eigenvalue weighted by atomic mass is 9.96. The molecule has 0 unspecified atom stereocenters. The van der Waals surface area contributed by atoms with Gasteiger partial charge in [-0.3, -0.25) is 14.5 Å². The summed E-state index contributed by atoms with van der Waals surface area (Å²) in [6, 6.07) is 10.1. The van der Waals surface area contributed by atoms with E-state index < -0.39 is 0 Å². The first-order valence-corrected chi connectivity index (χ1v) is 12.7. The maximum absolute atomic E-state index is 13.2. The molecular weight excluding hydrogens is 466 g/mol. The molecule has 2 aromatic heterocycles. The van der Waals surface area contributed by atoms with Gasteiger partial charge >= 0.3 is 0 Å². The molecule has 2 aliphatic rings. The molecule has 2 atom stereocenters. The number of rotatable bonds is 5. The largest absolute Gasteiger partial charge is 0.336 e. The lowest BCUT2D eigenvalue weighted by Crippen LogP contribution is -2.50. The fourth-order valence-corrected chi connectivity index (χ4v) is 5.43. The van der Waals surface area contributed by atoms with Crippen LogP contribution in [0.3, 0.4) is 0 Å². The molecule has 1 saturated heterocycles. The fourth-order valence-electron chi connectivity index (χ4n) is 5.43. The van der Waals surface area contributed by atoms with E-state index in [1.54, 1.807) is 18.3 Å². The molecular formula is C28H33N7O2. The fraction of sp³-hybridized carbons (Fsp3) is 0.393. The third-order valence-corrected chi connectivity index (χ3v) is 7.10. The molecule has 4 heterocycles. The van der Waals surface area contributed by atoms with Crippen molar-refractivity contribution in [2.45, 2.75) is 65.7 Å². The van der Waals surface area contributed by atoms with E-state index in [9.17, 15) is 9.59 Å². The van der Waals surface area contributed by atoms with E-state index >= 15 is 0 Å². The maximum Gasteiger partial charge on any atom is 0.254 e. The van der Waals surface area contributed by atoms with E-state index in [0.717, 1.165) is 37.3 Å². The van der Waals surface area contributed by atoms with Crippen molar-refractivity contribution in [1.82, 2.24) is 24.8 Å². The second-order valence-corrected chi connectivity index (χ2v) is 10.2. The van der Waals surface area contributed by atoms with Gasteiger partial charge in [-0.1, -0.05) is 6.07 Å². The zero-order valence-corrected chi connectivity index (χ0v) is 21.8. The van der Waals surface area contributed by atoms with Gasteiger partial charge in [0.25, 0.3) is 5.91 Å². The Morgan fingerprint density at radius 1 is 1.05 bits per heavy atom. The van der Waals surface area contributed by atoms with Crippen LogP contribution in [0.25, 0.3) is 0 Å². The summed E-state index contributed by atoms with van der Waals surface area (Å²) in [5.41, 5.74) is 6.17. The average Bonchev–Trinajstić information content (AvgIpc) is 3.26. The number of aromatic nitrogens is 3. The Morgan fingerprint density at radius 2 is 1.84 bits per heavy atom. The number of aryl methyl sites for hydroxylation is 2. The Balaban J connectivity index is 1.21. The number of amides is 2. The molecule has 9 heteroatoms. The minimum Gasteiger partial charge on any atom is -0.336 e. The van der Waals surface area contributed by atoms with Crippen LogP contribution in [-0.2, 0) is 17.9 Å². The molecule has 1 aromatic carbocycles. The van der Waals surface area contributed by atoms with Crippen LogP contribution in [0.2, 0.25) is 0 Å². The van der Waals surface area contributed by atoms with Gasteiger partial charge < -0.3 is 15.5 Å². The number of hydrogen-bond acceptors (Lipinski definition) is 7. The normalized spacial score (nSPS) is 19.4. The number of fused-ring (bicyclic) bond motifs is 1. The van der Waals surface area contributed by atoms with Crippen LogP contribution in [0.1, 0.15) is 59.4 Å². The Hall–Kier alpha value is -3.85. The number of pyridine rings is 1. The summed E-state index contributed by atoms with van der Waals surface area (Å²) >= 11 is 0. The molecule has 192 valence electrons. The molecule has 3 aromatic rings. The van der Waals surface area contributed by atoms with E-state index in [4.69, 9.17) is 4.98 Å². The van der Waals surface area contributed by atoms with Gasteiger partial charge in [0.05, 0.1) is 5.69 Å². The minimum atomic E-state index is -0.212. The number of likely N-dealkylation sites (tertiary alicyclic amines) is 1. The molecule has 0 spiro atoms. The summed E-state index contributed by atoms with van der Waals surface area (Å²) in [6.07, 6.45) is 5.28. The number of anilines is 3.